The summed E-state index contributed by atoms with van der Waals surface area (Å²) in [5, 5.41) is 23.2. The van der Waals surface area contributed by atoms with Crippen LogP contribution in [0.3, 0.4) is 0 Å². The number of aromatic nitrogens is 5. The first-order chi connectivity index (χ1) is 19.4. The number of thioether (sulfide) groups is 2. The second-order valence-electron chi connectivity index (χ2n) is 7.83. The molecule has 4 aromatic rings. The Morgan fingerprint density at radius 2 is 1.70 bits per heavy atom. The van der Waals surface area contributed by atoms with E-state index in [2.05, 4.69) is 31.0 Å². The molecule has 0 saturated heterocycles. The van der Waals surface area contributed by atoms with Gasteiger partial charge < -0.3 is 19.5 Å². The van der Waals surface area contributed by atoms with Gasteiger partial charge in [0.1, 0.15) is 17.2 Å². The lowest BCUT2D eigenvalue weighted by molar-refractivity contribution is -0.113. The standard InChI is InChI=1S/C25H27N7O5S3/c1-5-38-25-31-29-23(40-25)27-21(33)14-39-24-30-28-20(32(24)18-8-6-7-9-19(18)37-4)13-26-22(34)15-10-16(35-2)12-17(11-15)36-3/h6-12H,5,13-14H2,1-4H3,(H,26,34)(H,27,29,33). The third-order valence-corrected chi connectivity index (χ3v) is 8.08. The second-order valence-corrected chi connectivity index (χ2v) is 11.3. The van der Waals surface area contributed by atoms with E-state index in [-0.39, 0.29) is 24.1 Å². The van der Waals surface area contributed by atoms with Crippen molar-refractivity contribution in [2.75, 3.05) is 38.2 Å². The number of nitrogens with one attached hydrogen (secondary N) is 2. The molecule has 0 aliphatic heterocycles. The highest BCUT2D eigenvalue weighted by Crippen LogP contribution is 2.30. The average Bonchev–Trinajstić information content (AvgIpc) is 3.60. The van der Waals surface area contributed by atoms with E-state index >= 15 is 0 Å². The molecule has 0 fully saturated rings. The number of anilines is 1. The van der Waals surface area contributed by atoms with E-state index in [1.807, 2.05) is 31.2 Å². The third-order valence-electron chi connectivity index (χ3n) is 5.30. The minimum absolute atomic E-state index is 0.0544. The van der Waals surface area contributed by atoms with Crippen LogP contribution in [0.25, 0.3) is 5.69 Å². The number of benzene rings is 2. The summed E-state index contributed by atoms with van der Waals surface area (Å²) in [6.07, 6.45) is 0. The summed E-state index contributed by atoms with van der Waals surface area (Å²) in [5.74, 6) is 2.32. The zero-order valence-corrected chi connectivity index (χ0v) is 24.6. The predicted molar refractivity (Wildman–Crippen MR) is 154 cm³/mol. The van der Waals surface area contributed by atoms with E-state index in [1.54, 1.807) is 41.6 Å². The molecule has 15 heteroatoms. The first-order valence-electron chi connectivity index (χ1n) is 11.9. The molecule has 2 N–H and O–H groups in total. The number of amides is 2. The van der Waals surface area contributed by atoms with Crippen molar-refractivity contribution in [1.82, 2.24) is 30.3 Å². The van der Waals surface area contributed by atoms with Crippen LogP contribution in [-0.4, -0.2) is 69.6 Å². The summed E-state index contributed by atoms with van der Waals surface area (Å²) in [4.78, 5) is 25.6. The molecular formula is C25H27N7O5S3. The zero-order valence-electron chi connectivity index (χ0n) is 22.2. The van der Waals surface area contributed by atoms with Gasteiger partial charge in [-0.05, 0) is 30.0 Å². The Balaban J connectivity index is 1.53. The molecular weight excluding hydrogens is 575 g/mol. The van der Waals surface area contributed by atoms with Crippen LogP contribution in [0, 0.1) is 0 Å². The van der Waals surface area contributed by atoms with E-state index in [0.29, 0.717) is 44.6 Å². The van der Waals surface area contributed by atoms with Gasteiger partial charge in [-0.3, -0.25) is 19.5 Å². The van der Waals surface area contributed by atoms with Gasteiger partial charge in [-0.1, -0.05) is 53.9 Å². The lowest BCUT2D eigenvalue weighted by Crippen LogP contribution is -2.25. The van der Waals surface area contributed by atoms with E-state index in [4.69, 9.17) is 14.2 Å². The molecule has 2 aromatic carbocycles. The molecule has 0 bridgehead atoms. The number of nitrogens with zero attached hydrogens (tertiary/aromatic N) is 5. The number of ether oxygens (including phenoxy) is 3. The minimum Gasteiger partial charge on any atom is -0.497 e. The van der Waals surface area contributed by atoms with E-state index in [1.165, 1.54) is 37.3 Å². The van der Waals surface area contributed by atoms with E-state index in [9.17, 15) is 9.59 Å². The van der Waals surface area contributed by atoms with Crippen molar-refractivity contribution >= 4 is 51.8 Å². The number of hydrogen-bond donors (Lipinski definition) is 2. The number of para-hydroxylation sites is 2. The highest BCUT2D eigenvalue weighted by Gasteiger charge is 2.20. The Kier molecular flexibility index (Phi) is 10.2. The average molecular weight is 602 g/mol. The fourth-order valence-electron chi connectivity index (χ4n) is 3.49. The molecule has 4 rings (SSSR count). The molecule has 2 amide bonds. The highest BCUT2D eigenvalue weighted by molar-refractivity contribution is 8.01. The van der Waals surface area contributed by atoms with Gasteiger partial charge in [0.25, 0.3) is 5.91 Å². The number of hydrogen-bond acceptors (Lipinski definition) is 12. The Morgan fingerprint density at radius 1 is 0.950 bits per heavy atom. The monoisotopic (exact) mass is 601 g/mol. The van der Waals surface area contributed by atoms with Gasteiger partial charge in [0.05, 0.1) is 39.3 Å². The lowest BCUT2D eigenvalue weighted by atomic mass is 10.2. The maximum absolute atomic E-state index is 13.0. The van der Waals surface area contributed by atoms with Crippen LogP contribution in [0.2, 0.25) is 0 Å². The largest absolute Gasteiger partial charge is 0.497 e. The second kappa shape index (κ2) is 14.0. The summed E-state index contributed by atoms with van der Waals surface area (Å²) < 4.78 is 18.6. The maximum Gasteiger partial charge on any atom is 0.251 e. The number of carbonyl (C=O) groups excluding carboxylic acids is 2. The van der Waals surface area contributed by atoms with Gasteiger partial charge in [-0.25, -0.2) is 0 Å². The molecule has 0 unspecified atom stereocenters. The van der Waals surface area contributed by atoms with Crippen molar-refractivity contribution in [2.24, 2.45) is 0 Å². The van der Waals surface area contributed by atoms with Crippen LogP contribution in [-0.2, 0) is 11.3 Å². The number of rotatable bonds is 13. The van der Waals surface area contributed by atoms with Gasteiger partial charge in [-0.2, -0.15) is 0 Å². The molecule has 0 aliphatic rings. The molecule has 0 saturated carbocycles. The van der Waals surface area contributed by atoms with Crippen LogP contribution in [0.15, 0.2) is 52.0 Å². The number of carbonyl (C=O) groups is 2. The van der Waals surface area contributed by atoms with Crippen molar-refractivity contribution in [1.29, 1.82) is 0 Å². The molecule has 0 atom stereocenters. The van der Waals surface area contributed by atoms with Crippen LogP contribution in [0.1, 0.15) is 23.1 Å². The summed E-state index contributed by atoms with van der Waals surface area (Å²) >= 11 is 4.08. The Hall–Kier alpha value is -3.82. The number of methoxy groups -OCH3 is 3. The quantitative estimate of drug-likeness (QED) is 0.170. The summed E-state index contributed by atoms with van der Waals surface area (Å²) in [7, 11) is 4.60. The summed E-state index contributed by atoms with van der Waals surface area (Å²) in [6.45, 7) is 2.08. The van der Waals surface area contributed by atoms with Crippen LogP contribution in [0.5, 0.6) is 17.2 Å². The van der Waals surface area contributed by atoms with Gasteiger partial charge >= 0.3 is 0 Å². The first kappa shape index (κ1) is 29.2. The Bertz CT molecular complexity index is 1450. The van der Waals surface area contributed by atoms with Crippen LogP contribution >= 0.6 is 34.9 Å². The molecule has 0 aliphatic carbocycles. The fourth-order valence-corrected chi connectivity index (χ4v) is 5.92. The van der Waals surface area contributed by atoms with Gasteiger partial charge in [0, 0.05) is 11.6 Å². The normalized spacial score (nSPS) is 10.7. The summed E-state index contributed by atoms with van der Waals surface area (Å²) in [6, 6.07) is 12.3. The molecule has 12 nitrogen and oxygen atoms in total. The topological polar surface area (TPSA) is 142 Å². The molecule has 0 radical (unpaired) electrons. The minimum atomic E-state index is -0.349. The van der Waals surface area contributed by atoms with Crippen molar-refractivity contribution in [3.05, 3.63) is 53.9 Å². The first-order valence-corrected chi connectivity index (χ1v) is 14.7. The molecule has 210 valence electrons. The predicted octanol–water partition coefficient (Wildman–Crippen LogP) is 3.92. The smallest absolute Gasteiger partial charge is 0.251 e. The van der Waals surface area contributed by atoms with Crippen LogP contribution in [0.4, 0.5) is 5.13 Å². The lowest BCUT2D eigenvalue weighted by Gasteiger charge is -2.14. The van der Waals surface area contributed by atoms with Crippen molar-refractivity contribution in [3.8, 4) is 22.9 Å². The molecule has 2 heterocycles. The van der Waals surface area contributed by atoms with E-state index in [0.717, 1.165) is 10.1 Å². The third kappa shape index (κ3) is 7.22. The molecule has 0 spiro atoms. The van der Waals surface area contributed by atoms with Crippen LogP contribution < -0.4 is 24.8 Å². The van der Waals surface area contributed by atoms with Gasteiger partial charge in [-0.15, -0.1) is 20.4 Å². The molecule has 40 heavy (non-hydrogen) atoms. The van der Waals surface area contributed by atoms with Gasteiger partial charge in [0.15, 0.2) is 15.3 Å². The zero-order chi connectivity index (χ0) is 28.5. The SMILES string of the molecule is CCSc1nnc(NC(=O)CSc2nnc(CNC(=O)c3cc(OC)cc(OC)c3)n2-c2ccccc2OC)s1. The maximum atomic E-state index is 13.0. The molecule has 2 aromatic heterocycles. The van der Waals surface area contributed by atoms with Gasteiger partial charge in [0.2, 0.25) is 11.0 Å². The Morgan fingerprint density at radius 3 is 2.40 bits per heavy atom. The van der Waals surface area contributed by atoms with E-state index < -0.39 is 0 Å². The summed E-state index contributed by atoms with van der Waals surface area (Å²) in [5.41, 5.74) is 1.03. The van der Waals surface area contributed by atoms with Crippen molar-refractivity contribution in [3.63, 3.8) is 0 Å². The van der Waals surface area contributed by atoms with Crippen molar-refractivity contribution in [2.45, 2.75) is 23.0 Å². The Labute approximate surface area is 243 Å². The fraction of sp³-hybridized carbons (Fsp3) is 0.280. The van der Waals surface area contributed by atoms with Crippen molar-refractivity contribution < 1.29 is 23.8 Å². The highest BCUT2D eigenvalue weighted by atomic mass is 32.2.